The summed E-state index contributed by atoms with van der Waals surface area (Å²) in [6.45, 7) is 9.58. The minimum absolute atomic E-state index is 0.0345. The second-order valence-electron chi connectivity index (χ2n) is 8.02. The number of rotatable bonds is 12. The maximum Gasteiger partial charge on any atom is 0.207 e. The number of benzene rings is 2. The average molecular weight is 389 g/mol. The first-order valence-corrected chi connectivity index (χ1v) is 10.7. The molecule has 4 nitrogen and oxygen atoms in total. The second kappa shape index (κ2) is 11.0. The quantitative estimate of drug-likeness (QED) is 0.399. The Morgan fingerprint density at radius 1 is 0.750 bits per heavy atom. The third-order valence-corrected chi connectivity index (χ3v) is 5.20. The van der Waals surface area contributed by atoms with Crippen LogP contribution in [0.2, 0.25) is 0 Å². The van der Waals surface area contributed by atoms with Gasteiger partial charge < -0.3 is 19.7 Å². The van der Waals surface area contributed by atoms with Gasteiger partial charge in [0.25, 0.3) is 0 Å². The van der Waals surface area contributed by atoms with Gasteiger partial charge in [-0.05, 0) is 24.7 Å². The van der Waals surface area contributed by atoms with Gasteiger partial charge in [0.05, 0.1) is 13.2 Å². The van der Waals surface area contributed by atoms with Crippen LogP contribution in [0.1, 0.15) is 66.2 Å². The number of ether oxygens (including phenoxy) is 2. The molecule has 2 N–H and O–H groups in total. The molecule has 2 atom stereocenters. The summed E-state index contributed by atoms with van der Waals surface area (Å²) in [6, 6.07) is 7.24. The Bertz CT molecular complexity index is 678. The van der Waals surface area contributed by atoms with Gasteiger partial charge in [-0.25, -0.2) is 0 Å². The Balaban J connectivity index is 2.28. The van der Waals surface area contributed by atoms with E-state index in [1.54, 1.807) is 12.1 Å². The van der Waals surface area contributed by atoms with Crippen molar-refractivity contribution in [3.05, 3.63) is 24.3 Å². The van der Waals surface area contributed by atoms with E-state index in [0.29, 0.717) is 35.8 Å². The lowest BCUT2D eigenvalue weighted by atomic mass is 10.0. The van der Waals surface area contributed by atoms with Gasteiger partial charge in [-0.3, -0.25) is 0 Å². The zero-order valence-corrected chi connectivity index (χ0v) is 17.8. The molecule has 0 aliphatic heterocycles. The van der Waals surface area contributed by atoms with E-state index in [0.717, 1.165) is 38.5 Å². The van der Waals surface area contributed by atoms with Crippen LogP contribution in [0.4, 0.5) is 0 Å². The zero-order chi connectivity index (χ0) is 20.5. The van der Waals surface area contributed by atoms with E-state index < -0.39 is 0 Å². The van der Waals surface area contributed by atoms with Crippen LogP contribution in [0.25, 0.3) is 10.8 Å². The van der Waals surface area contributed by atoms with E-state index in [1.165, 1.54) is 0 Å². The Labute approximate surface area is 169 Å². The normalized spacial score (nSPS) is 13.4. The molecule has 0 fully saturated rings. The van der Waals surface area contributed by atoms with Crippen LogP contribution in [-0.4, -0.2) is 23.4 Å². The molecule has 0 bridgehead atoms. The van der Waals surface area contributed by atoms with Crippen molar-refractivity contribution >= 4 is 10.8 Å². The molecular weight excluding hydrogens is 352 g/mol. The minimum Gasteiger partial charge on any atom is -0.504 e. The molecule has 0 aliphatic carbocycles. The predicted molar refractivity (Wildman–Crippen MR) is 116 cm³/mol. The summed E-state index contributed by atoms with van der Waals surface area (Å²) in [5, 5.41) is 22.8. The monoisotopic (exact) mass is 388 g/mol. The van der Waals surface area contributed by atoms with Crippen LogP contribution < -0.4 is 9.47 Å². The van der Waals surface area contributed by atoms with Gasteiger partial charge in [-0.1, -0.05) is 77.6 Å². The second-order valence-corrected chi connectivity index (χ2v) is 8.02. The summed E-state index contributed by atoms with van der Waals surface area (Å²) >= 11 is 0. The molecule has 0 heterocycles. The molecule has 0 aliphatic rings. The van der Waals surface area contributed by atoms with Gasteiger partial charge in [-0.15, -0.1) is 0 Å². The lowest BCUT2D eigenvalue weighted by molar-refractivity contribution is 0.201. The first-order chi connectivity index (χ1) is 13.5. The highest BCUT2D eigenvalue weighted by Crippen LogP contribution is 2.50. The predicted octanol–water partition coefficient (Wildman–Crippen LogP) is 6.66. The van der Waals surface area contributed by atoms with Crippen LogP contribution in [0.5, 0.6) is 23.0 Å². The zero-order valence-electron chi connectivity index (χ0n) is 17.8. The minimum atomic E-state index is 0.0345. The Hall–Kier alpha value is -2.10. The summed E-state index contributed by atoms with van der Waals surface area (Å²) in [5.74, 6) is 1.30. The van der Waals surface area contributed by atoms with Crippen LogP contribution in [-0.2, 0) is 0 Å². The summed E-state index contributed by atoms with van der Waals surface area (Å²) in [7, 11) is 0. The molecule has 2 rings (SSSR count). The average Bonchev–Trinajstić information content (AvgIpc) is 2.71. The SMILES string of the molecule is CCCCC(C)COc1c(OCC(C)CCCC)c(O)c2ccccc2c1O. The van der Waals surface area contributed by atoms with Crippen LogP contribution in [0.15, 0.2) is 24.3 Å². The molecule has 0 spiro atoms. The number of phenols is 2. The number of hydrogen-bond acceptors (Lipinski definition) is 4. The van der Waals surface area contributed by atoms with E-state index in [9.17, 15) is 10.2 Å². The smallest absolute Gasteiger partial charge is 0.207 e. The highest BCUT2D eigenvalue weighted by atomic mass is 16.5. The summed E-state index contributed by atoms with van der Waals surface area (Å²) in [5.41, 5.74) is 0. The topological polar surface area (TPSA) is 58.9 Å². The molecule has 156 valence electrons. The molecule has 0 saturated heterocycles. The van der Waals surface area contributed by atoms with Crippen molar-refractivity contribution in [2.45, 2.75) is 66.2 Å². The fourth-order valence-corrected chi connectivity index (χ4v) is 3.35. The molecule has 2 aromatic rings. The summed E-state index contributed by atoms with van der Waals surface area (Å²) in [6.07, 6.45) is 6.74. The van der Waals surface area contributed by atoms with Crippen LogP contribution in [0, 0.1) is 11.8 Å². The van der Waals surface area contributed by atoms with Gasteiger partial charge in [-0.2, -0.15) is 0 Å². The third kappa shape index (κ3) is 5.70. The first-order valence-electron chi connectivity index (χ1n) is 10.7. The lowest BCUT2D eigenvalue weighted by Crippen LogP contribution is -2.12. The number of phenolic OH excluding ortho intramolecular Hbond substituents is 2. The number of fused-ring (bicyclic) bond motifs is 1. The van der Waals surface area contributed by atoms with Crippen LogP contribution >= 0.6 is 0 Å². The molecule has 28 heavy (non-hydrogen) atoms. The van der Waals surface area contributed by atoms with Crippen molar-refractivity contribution in [2.75, 3.05) is 13.2 Å². The summed E-state index contributed by atoms with van der Waals surface area (Å²) in [4.78, 5) is 0. The van der Waals surface area contributed by atoms with E-state index in [1.807, 2.05) is 12.1 Å². The van der Waals surface area contributed by atoms with E-state index in [2.05, 4.69) is 27.7 Å². The van der Waals surface area contributed by atoms with Gasteiger partial charge in [0.15, 0.2) is 11.5 Å². The third-order valence-electron chi connectivity index (χ3n) is 5.20. The van der Waals surface area contributed by atoms with Gasteiger partial charge in [0.1, 0.15) is 0 Å². The Morgan fingerprint density at radius 3 is 1.50 bits per heavy atom. The van der Waals surface area contributed by atoms with Gasteiger partial charge in [0, 0.05) is 10.8 Å². The molecule has 4 heteroatoms. The van der Waals surface area contributed by atoms with E-state index in [4.69, 9.17) is 9.47 Å². The number of hydrogen-bond donors (Lipinski definition) is 2. The van der Waals surface area contributed by atoms with Crippen molar-refractivity contribution in [3.63, 3.8) is 0 Å². The van der Waals surface area contributed by atoms with Crippen molar-refractivity contribution in [1.82, 2.24) is 0 Å². The number of aromatic hydroxyl groups is 2. The fourth-order valence-electron chi connectivity index (χ4n) is 3.35. The summed E-state index contributed by atoms with van der Waals surface area (Å²) < 4.78 is 12.0. The molecular formula is C24H36O4. The van der Waals surface area contributed by atoms with Crippen molar-refractivity contribution in [2.24, 2.45) is 11.8 Å². The van der Waals surface area contributed by atoms with Gasteiger partial charge >= 0.3 is 0 Å². The van der Waals surface area contributed by atoms with Gasteiger partial charge in [0.2, 0.25) is 11.5 Å². The fraction of sp³-hybridized carbons (Fsp3) is 0.583. The number of unbranched alkanes of at least 4 members (excludes halogenated alkanes) is 2. The highest BCUT2D eigenvalue weighted by molar-refractivity contribution is 5.98. The van der Waals surface area contributed by atoms with Crippen molar-refractivity contribution < 1.29 is 19.7 Å². The molecule has 0 amide bonds. The maximum absolute atomic E-state index is 10.8. The van der Waals surface area contributed by atoms with E-state index in [-0.39, 0.29) is 23.0 Å². The Morgan fingerprint density at radius 2 is 1.14 bits per heavy atom. The maximum atomic E-state index is 10.8. The lowest BCUT2D eigenvalue weighted by Gasteiger charge is -2.21. The Kier molecular flexibility index (Phi) is 8.75. The molecule has 0 radical (unpaired) electrons. The molecule has 0 aromatic heterocycles. The van der Waals surface area contributed by atoms with Crippen molar-refractivity contribution in [3.8, 4) is 23.0 Å². The standard InChI is InChI=1S/C24H36O4/c1-5-7-11-17(3)15-27-23-21(25)19-13-9-10-14-20(19)22(26)24(23)28-16-18(4)12-8-6-2/h9-10,13-14,17-18,25-26H,5-8,11-12,15-16H2,1-4H3. The van der Waals surface area contributed by atoms with Crippen LogP contribution in [0.3, 0.4) is 0 Å². The molecule has 2 aromatic carbocycles. The first kappa shape index (κ1) is 22.2. The van der Waals surface area contributed by atoms with Crippen molar-refractivity contribution in [1.29, 1.82) is 0 Å². The molecule has 0 saturated carbocycles. The largest absolute Gasteiger partial charge is 0.504 e. The highest BCUT2D eigenvalue weighted by Gasteiger charge is 2.23. The van der Waals surface area contributed by atoms with E-state index >= 15 is 0 Å². The molecule has 2 unspecified atom stereocenters.